The lowest BCUT2D eigenvalue weighted by molar-refractivity contribution is -0.125. The van der Waals surface area contributed by atoms with E-state index in [1.165, 1.54) is 18.2 Å². The van der Waals surface area contributed by atoms with Crippen molar-refractivity contribution in [1.29, 1.82) is 0 Å². The smallest absolute Gasteiger partial charge is 0.339 e. The second-order valence-corrected chi connectivity index (χ2v) is 6.75. The van der Waals surface area contributed by atoms with Crippen LogP contribution < -0.4 is 10.9 Å². The fraction of sp³-hybridized carbons (Fsp3) is 0.0417. The van der Waals surface area contributed by atoms with Gasteiger partial charge >= 0.3 is 5.97 Å². The van der Waals surface area contributed by atoms with Crippen molar-refractivity contribution in [3.8, 4) is 0 Å². The van der Waals surface area contributed by atoms with E-state index in [0.717, 1.165) is 16.8 Å². The Balaban J connectivity index is 1.46. The number of carbonyl (C=O) groups is 3. The van der Waals surface area contributed by atoms with Crippen LogP contribution in [0, 0.1) is 5.82 Å². The highest BCUT2D eigenvalue weighted by molar-refractivity contribution is 6.16. The molecule has 154 valence electrons. The lowest BCUT2D eigenvalue weighted by atomic mass is 9.97. The van der Waals surface area contributed by atoms with Gasteiger partial charge in [0, 0.05) is 0 Å². The average Bonchev–Trinajstić information content (AvgIpc) is 2.79. The van der Waals surface area contributed by atoms with E-state index >= 15 is 0 Å². The number of hydrogen-bond donors (Lipinski definition) is 2. The molecule has 7 heteroatoms. The molecule has 0 saturated carbocycles. The number of carbonyl (C=O) groups excluding carboxylic acids is 3. The summed E-state index contributed by atoms with van der Waals surface area (Å²) in [6.45, 7) is -0.617. The van der Waals surface area contributed by atoms with E-state index in [2.05, 4.69) is 10.9 Å². The third kappa shape index (κ3) is 4.20. The van der Waals surface area contributed by atoms with Crippen molar-refractivity contribution in [3.05, 3.63) is 95.8 Å². The quantitative estimate of drug-likeness (QED) is 0.302. The van der Waals surface area contributed by atoms with Crippen LogP contribution in [0.25, 0.3) is 21.5 Å². The van der Waals surface area contributed by atoms with Crippen molar-refractivity contribution in [1.82, 2.24) is 10.9 Å². The van der Waals surface area contributed by atoms with Gasteiger partial charge in [0.05, 0.1) is 11.1 Å². The van der Waals surface area contributed by atoms with Crippen molar-refractivity contribution < 1.29 is 23.5 Å². The number of rotatable bonds is 4. The standard InChI is InChI=1S/C24H17FN2O4/c25-20-12-6-5-11-19(20)23(29)27-26-21(28)14-31-24(30)22-17-9-3-1-7-15(17)13-16-8-2-4-10-18(16)22/h1-13H,14H2,(H,26,28)(H,27,29). The molecule has 0 saturated heterocycles. The molecule has 0 aliphatic rings. The van der Waals surface area contributed by atoms with Crippen LogP contribution in [0.1, 0.15) is 20.7 Å². The molecule has 0 unspecified atom stereocenters. The number of ether oxygens (including phenoxy) is 1. The van der Waals surface area contributed by atoms with Gasteiger partial charge in [0.2, 0.25) is 0 Å². The Bertz CT molecular complexity index is 1270. The largest absolute Gasteiger partial charge is 0.452 e. The van der Waals surface area contributed by atoms with Gasteiger partial charge in [-0.05, 0) is 39.7 Å². The average molecular weight is 416 g/mol. The van der Waals surface area contributed by atoms with Crippen molar-refractivity contribution in [3.63, 3.8) is 0 Å². The monoisotopic (exact) mass is 416 g/mol. The van der Waals surface area contributed by atoms with Gasteiger partial charge in [0.1, 0.15) is 5.82 Å². The Kier molecular flexibility index (Phi) is 5.57. The first kappa shape index (κ1) is 20.0. The predicted molar refractivity (Wildman–Crippen MR) is 114 cm³/mol. The van der Waals surface area contributed by atoms with Gasteiger partial charge in [-0.15, -0.1) is 0 Å². The summed E-state index contributed by atoms with van der Waals surface area (Å²) in [5.74, 6) is -2.97. The minimum Gasteiger partial charge on any atom is -0.452 e. The van der Waals surface area contributed by atoms with Crippen molar-refractivity contribution in [2.24, 2.45) is 0 Å². The number of fused-ring (bicyclic) bond motifs is 2. The molecule has 31 heavy (non-hydrogen) atoms. The molecule has 0 heterocycles. The zero-order valence-corrected chi connectivity index (χ0v) is 16.2. The summed E-state index contributed by atoms with van der Waals surface area (Å²) in [7, 11) is 0. The Morgan fingerprint density at radius 2 is 1.35 bits per heavy atom. The van der Waals surface area contributed by atoms with E-state index in [9.17, 15) is 18.8 Å². The van der Waals surface area contributed by atoms with Crippen molar-refractivity contribution >= 4 is 39.3 Å². The van der Waals surface area contributed by atoms with Gasteiger partial charge in [-0.3, -0.25) is 20.4 Å². The number of amides is 2. The van der Waals surface area contributed by atoms with Crippen molar-refractivity contribution in [2.45, 2.75) is 0 Å². The Morgan fingerprint density at radius 1 is 0.774 bits per heavy atom. The minimum atomic E-state index is -0.821. The third-order valence-electron chi connectivity index (χ3n) is 4.74. The number of esters is 1. The highest BCUT2D eigenvalue weighted by atomic mass is 19.1. The molecule has 4 rings (SSSR count). The highest BCUT2D eigenvalue weighted by Crippen LogP contribution is 2.29. The molecule has 2 N–H and O–H groups in total. The van der Waals surface area contributed by atoms with Gasteiger partial charge in [-0.25, -0.2) is 9.18 Å². The maximum Gasteiger partial charge on any atom is 0.339 e. The summed E-state index contributed by atoms with van der Waals surface area (Å²) in [6, 6.07) is 22.1. The van der Waals surface area contributed by atoms with Gasteiger partial charge in [-0.1, -0.05) is 60.7 Å². The third-order valence-corrected chi connectivity index (χ3v) is 4.74. The Morgan fingerprint density at radius 3 is 2.00 bits per heavy atom. The van der Waals surface area contributed by atoms with Crippen LogP contribution in [-0.4, -0.2) is 24.4 Å². The molecule has 0 bridgehead atoms. The molecule has 0 aromatic heterocycles. The number of halogens is 1. The van der Waals surface area contributed by atoms with Gasteiger partial charge < -0.3 is 4.74 Å². The molecular formula is C24H17FN2O4. The summed E-state index contributed by atoms with van der Waals surface area (Å²) in [4.78, 5) is 36.8. The molecule has 2 amide bonds. The van der Waals surface area contributed by atoms with Crippen LogP contribution in [0.5, 0.6) is 0 Å². The van der Waals surface area contributed by atoms with Gasteiger partial charge in [-0.2, -0.15) is 0 Å². The number of nitrogens with one attached hydrogen (secondary N) is 2. The maximum atomic E-state index is 13.6. The van der Waals surface area contributed by atoms with Crippen molar-refractivity contribution in [2.75, 3.05) is 6.61 Å². The molecule has 4 aromatic carbocycles. The zero-order valence-electron chi connectivity index (χ0n) is 16.2. The number of benzene rings is 4. The summed E-state index contributed by atoms with van der Waals surface area (Å²) in [6.07, 6.45) is 0. The Labute approximate surface area is 176 Å². The van der Waals surface area contributed by atoms with Crippen LogP contribution in [0.3, 0.4) is 0 Å². The van der Waals surface area contributed by atoms with E-state index in [0.29, 0.717) is 16.3 Å². The molecule has 0 atom stereocenters. The van der Waals surface area contributed by atoms with Gasteiger partial charge in [0.15, 0.2) is 6.61 Å². The lowest BCUT2D eigenvalue weighted by Crippen LogP contribution is -2.43. The van der Waals surface area contributed by atoms with E-state index in [4.69, 9.17) is 4.74 Å². The summed E-state index contributed by atoms with van der Waals surface area (Å²) >= 11 is 0. The molecule has 4 aromatic rings. The van der Waals surface area contributed by atoms with Crippen LogP contribution in [0.2, 0.25) is 0 Å². The second-order valence-electron chi connectivity index (χ2n) is 6.75. The van der Waals surface area contributed by atoms with Crippen LogP contribution in [0.4, 0.5) is 4.39 Å². The van der Waals surface area contributed by atoms with E-state index in [1.54, 1.807) is 0 Å². The topological polar surface area (TPSA) is 84.5 Å². The number of hydrazine groups is 1. The first-order valence-corrected chi connectivity index (χ1v) is 9.46. The molecule has 0 radical (unpaired) electrons. The molecule has 0 aliphatic carbocycles. The van der Waals surface area contributed by atoms with E-state index in [-0.39, 0.29) is 5.56 Å². The Hall–Kier alpha value is -4.26. The highest BCUT2D eigenvalue weighted by Gasteiger charge is 2.18. The van der Waals surface area contributed by atoms with Crippen LogP contribution in [-0.2, 0) is 9.53 Å². The second kappa shape index (κ2) is 8.62. The SMILES string of the molecule is O=C(COC(=O)c1c2ccccc2cc2ccccc12)NNC(=O)c1ccccc1F. The molecule has 0 fully saturated rings. The maximum absolute atomic E-state index is 13.6. The molecule has 6 nitrogen and oxygen atoms in total. The van der Waals surface area contributed by atoms with E-state index in [1.807, 2.05) is 54.6 Å². The minimum absolute atomic E-state index is 0.220. The van der Waals surface area contributed by atoms with Crippen LogP contribution in [0.15, 0.2) is 78.9 Å². The van der Waals surface area contributed by atoms with E-state index < -0.39 is 30.2 Å². The molecule has 0 spiro atoms. The summed E-state index contributed by atoms with van der Waals surface area (Å²) in [5, 5.41) is 3.16. The molecule has 0 aliphatic heterocycles. The van der Waals surface area contributed by atoms with Gasteiger partial charge in [0.25, 0.3) is 11.8 Å². The first-order valence-electron chi connectivity index (χ1n) is 9.46. The predicted octanol–water partition coefficient (Wildman–Crippen LogP) is 3.75. The summed E-state index contributed by atoms with van der Waals surface area (Å²) in [5.41, 5.74) is 4.34. The fourth-order valence-corrected chi connectivity index (χ4v) is 3.31. The normalized spacial score (nSPS) is 10.6. The fourth-order valence-electron chi connectivity index (χ4n) is 3.31. The lowest BCUT2D eigenvalue weighted by Gasteiger charge is -2.12. The molecular weight excluding hydrogens is 399 g/mol. The number of hydrogen-bond acceptors (Lipinski definition) is 4. The summed E-state index contributed by atoms with van der Waals surface area (Å²) < 4.78 is 18.8. The zero-order chi connectivity index (χ0) is 21.8. The van der Waals surface area contributed by atoms with Crippen LogP contribution >= 0.6 is 0 Å². The first-order chi connectivity index (χ1) is 15.0.